The van der Waals surface area contributed by atoms with E-state index in [1.54, 1.807) is 14.0 Å². The third-order valence-electron chi connectivity index (χ3n) is 3.20. The first-order chi connectivity index (χ1) is 10.7. The molecule has 2 aromatic rings. The second-order valence-electron chi connectivity index (χ2n) is 4.91. The van der Waals surface area contributed by atoms with Crippen LogP contribution < -0.4 is 10.1 Å². The smallest absolute Gasteiger partial charge is 0.223 e. The number of methoxy groups -OCH3 is 1. The van der Waals surface area contributed by atoms with Crippen molar-refractivity contribution in [2.75, 3.05) is 26.1 Å². The maximum atomic E-state index is 5.53. The molecule has 0 spiro atoms. The topological polar surface area (TPSA) is 75.8 Å². The molecule has 1 N–H and O–H groups in total. The minimum Gasteiger partial charge on any atom is -0.494 e. The summed E-state index contributed by atoms with van der Waals surface area (Å²) < 4.78 is 10.6. The van der Waals surface area contributed by atoms with Crippen LogP contribution in [0.25, 0.3) is 11.4 Å². The molecule has 1 aliphatic rings. The van der Waals surface area contributed by atoms with Crippen molar-refractivity contribution in [1.29, 1.82) is 0 Å². The van der Waals surface area contributed by atoms with Gasteiger partial charge in [-0.3, -0.25) is 0 Å². The van der Waals surface area contributed by atoms with Crippen LogP contribution in [0.1, 0.15) is 5.89 Å². The summed E-state index contributed by atoms with van der Waals surface area (Å²) in [5.74, 6) is 2.44. The molecule has 0 bridgehead atoms. The van der Waals surface area contributed by atoms with Gasteiger partial charge in [-0.25, -0.2) is 4.99 Å². The van der Waals surface area contributed by atoms with Crippen LogP contribution in [0.2, 0.25) is 0 Å². The number of aryl methyl sites for hydroxylation is 1. The Kier molecular flexibility index (Phi) is 3.78. The van der Waals surface area contributed by atoms with E-state index < -0.39 is 0 Å². The molecule has 0 amide bonds. The van der Waals surface area contributed by atoms with Gasteiger partial charge in [-0.15, -0.1) is 0 Å². The van der Waals surface area contributed by atoms with Crippen LogP contribution in [0.4, 0.5) is 5.69 Å². The number of benzene rings is 1. The fraction of sp³-hybridized carbons (Fsp3) is 0.267. The van der Waals surface area contributed by atoms with Crippen LogP contribution in [-0.2, 0) is 0 Å². The Bertz CT molecular complexity index is 735. The van der Waals surface area contributed by atoms with Gasteiger partial charge >= 0.3 is 0 Å². The van der Waals surface area contributed by atoms with Crippen LogP contribution in [0, 0.1) is 6.92 Å². The third kappa shape index (κ3) is 2.78. The predicted molar refractivity (Wildman–Crippen MR) is 83.9 cm³/mol. The molecule has 0 saturated heterocycles. The molecule has 3 rings (SSSR count). The zero-order valence-corrected chi connectivity index (χ0v) is 12.7. The highest BCUT2D eigenvalue weighted by Crippen LogP contribution is 2.35. The fourth-order valence-electron chi connectivity index (χ4n) is 2.14. The van der Waals surface area contributed by atoms with Crippen LogP contribution >= 0.6 is 0 Å². The monoisotopic (exact) mass is 299 g/mol. The van der Waals surface area contributed by atoms with Gasteiger partial charge in [-0.05, 0) is 18.2 Å². The minimum absolute atomic E-state index is 0.499. The van der Waals surface area contributed by atoms with E-state index in [0.717, 1.165) is 17.1 Å². The SMILES string of the molecule is COc1c(NC2=NCN(C)C=C2)cccc1-c1noc(C)n1. The Balaban J connectivity index is 1.94. The Morgan fingerprint density at radius 2 is 2.23 bits per heavy atom. The maximum Gasteiger partial charge on any atom is 0.223 e. The first kappa shape index (κ1) is 14.1. The van der Waals surface area contributed by atoms with E-state index in [1.807, 2.05) is 42.4 Å². The Hall–Kier alpha value is -2.83. The lowest BCUT2D eigenvalue weighted by Gasteiger charge is -2.18. The van der Waals surface area contributed by atoms with Gasteiger partial charge in [0.15, 0.2) is 5.75 Å². The van der Waals surface area contributed by atoms with Crippen molar-refractivity contribution >= 4 is 11.5 Å². The second-order valence-corrected chi connectivity index (χ2v) is 4.91. The summed E-state index contributed by atoms with van der Waals surface area (Å²) in [5.41, 5.74) is 1.57. The average molecular weight is 299 g/mol. The van der Waals surface area contributed by atoms with Crippen molar-refractivity contribution in [3.05, 3.63) is 36.4 Å². The molecule has 1 aliphatic heterocycles. The summed E-state index contributed by atoms with van der Waals surface area (Å²) in [6.45, 7) is 2.37. The molecule has 7 nitrogen and oxygen atoms in total. The number of amidine groups is 1. The standard InChI is InChI=1S/C15H17N5O2/c1-10-17-15(19-22-10)11-5-4-6-12(14(11)21-3)18-13-7-8-20(2)9-16-13/h4-8H,9H2,1-3H3,(H,16,18). The van der Waals surface area contributed by atoms with Gasteiger partial charge < -0.3 is 19.5 Å². The molecule has 0 fully saturated rings. The average Bonchev–Trinajstić information content (AvgIpc) is 2.96. The van der Waals surface area contributed by atoms with E-state index in [4.69, 9.17) is 9.26 Å². The molecule has 0 saturated carbocycles. The van der Waals surface area contributed by atoms with Crippen LogP contribution in [0.15, 0.2) is 40.0 Å². The summed E-state index contributed by atoms with van der Waals surface area (Å²) in [5, 5.41) is 7.21. The van der Waals surface area contributed by atoms with Crippen molar-refractivity contribution in [1.82, 2.24) is 15.0 Å². The molecule has 2 heterocycles. The molecule has 1 aromatic carbocycles. The Morgan fingerprint density at radius 1 is 1.36 bits per heavy atom. The number of hydrogen-bond donors (Lipinski definition) is 1. The lowest BCUT2D eigenvalue weighted by molar-refractivity contribution is 0.393. The summed E-state index contributed by atoms with van der Waals surface area (Å²) in [4.78, 5) is 10.7. The van der Waals surface area contributed by atoms with Crippen LogP contribution in [0.3, 0.4) is 0 Å². The van der Waals surface area contributed by atoms with E-state index in [1.165, 1.54) is 0 Å². The van der Waals surface area contributed by atoms with Gasteiger partial charge in [0, 0.05) is 20.2 Å². The minimum atomic E-state index is 0.499. The van der Waals surface area contributed by atoms with E-state index >= 15 is 0 Å². The number of nitrogens with zero attached hydrogens (tertiary/aromatic N) is 4. The van der Waals surface area contributed by atoms with E-state index in [-0.39, 0.29) is 0 Å². The quantitative estimate of drug-likeness (QED) is 0.937. The van der Waals surface area contributed by atoms with Crippen molar-refractivity contribution in [3.63, 3.8) is 0 Å². The fourth-order valence-corrected chi connectivity index (χ4v) is 2.14. The largest absolute Gasteiger partial charge is 0.494 e. The Morgan fingerprint density at radius 3 is 2.86 bits per heavy atom. The number of nitrogens with one attached hydrogen (secondary N) is 1. The second kappa shape index (κ2) is 5.88. The van der Waals surface area contributed by atoms with Gasteiger partial charge in [-0.2, -0.15) is 4.98 Å². The molecule has 114 valence electrons. The van der Waals surface area contributed by atoms with Crippen LogP contribution in [0.5, 0.6) is 5.75 Å². The molecule has 0 unspecified atom stereocenters. The van der Waals surface area contributed by atoms with Crippen LogP contribution in [-0.4, -0.2) is 41.7 Å². The van der Waals surface area contributed by atoms with Gasteiger partial charge in [0.05, 0.1) is 18.4 Å². The number of aliphatic imine (C=N–C) groups is 1. The van der Waals surface area contributed by atoms with Crippen molar-refractivity contribution in [2.45, 2.75) is 6.92 Å². The summed E-state index contributed by atoms with van der Waals surface area (Å²) in [6.07, 6.45) is 3.88. The van der Waals surface area contributed by atoms with Gasteiger partial charge in [0.25, 0.3) is 0 Å². The first-order valence-corrected chi connectivity index (χ1v) is 6.85. The molecule has 0 aliphatic carbocycles. The Labute approximate surface area is 128 Å². The molecular formula is C15H17N5O2. The number of rotatable bonds is 3. The highest BCUT2D eigenvalue weighted by atomic mass is 16.5. The zero-order valence-electron chi connectivity index (χ0n) is 12.7. The molecule has 1 aromatic heterocycles. The number of anilines is 1. The van der Waals surface area contributed by atoms with Crippen molar-refractivity contribution in [3.8, 4) is 17.1 Å². The van der Waals surface area contributed by atoms with E-state index in [0.29, 0.717) is 24.1 Å². The number of aromatic nitrogens is 2. The number of hydrogen-bond acceptors (Lipinski definition) is 7. The normalized spacial score (nSPS) is 14.0. The molecule has 22 heavy (non-hydrogen) atoms. The van der Waals surface area contributed by atoms with E-state index in [9.17, 15) is 0 Å². The van der Waals surface area contributed by atoms with Gasteiger partial charge in [0.1, 0.15) is 12.5 Å². The molecule has 0 radical (unpaired) electrons. The summed E-state index contributed by atoms with van der Waals surface area (Å²) in [7, 11) is 3.58. The molecular weight excluding hydrogens is 282 g/mol. The van der Waals surface area contributed by atoms with Gasteiger partial charge in [0.2, 0.25) is 11.7 Å². The first-order valence-electron chi connectivity index (χ1n) is 6.85. The van der Waals surface area contributed by atoms with E-state index in [2.05, 4.69) is 20.4 Å². The zero-order chi connectivity index (χ0) is 15.5. The lowest BCUT2D eigenvalue weighted by atomic mass is 10.1. The number of ether oxygens (including phenoxy) is 1. The highest BCUT2D eigenvalue weighted by Gasteiger charge is 2.16. The molecule has 0 atom stereocenters. The molecule has 7 heteroatoms. The third-order valence-corrected chi connectivity index (χ3v) is 3.20. The summed E-state index contributed by atoms with van der Waals surface area (Å²) >= 11 is 0. The summed E-state index contributed by atoms with van der Waals surface area (Å²) in [6, 6.07) is 5.72. The van der Waals surface area contributed by atoms with Gasteiger partial charge in [-0.1, -0.05) is 11.2 Å². The van der Waals surface area contributed by atoms with Crippen molar-refractivity contribution < 1.29 is 9.26 Å². The lowest BCUT2D eigenvalue weighted by Crippen LogP contribution is -2.21. The predicted octanol–water partition coefficient (Wildman–Crippen LogP) is 2.28. The maximum absolute atomic E-state index is 5.53. The highest BCUT2D eigenvalue weighted by molar-refractivity contribution is 6.05. The van der Waals surface area contributed by atoms with Crippen molar-refractivity contribution in [2.24, 2.45) is 4.99 Å². The number of para-hydroxylation sites is 1.